The topological polar surface area (TPSA) is 51.4 Å². The molecule has 0 aliphatic heterocycles. The number of aromatic nitrogens is 1. The summed E-state index contributed by atoms with van der Waals surface area (Å²) in [6, 6.07) is 4.25. The van der Waals surface area contributed by atoms with E-state index in [1.165, 1.54) is 5.56 Å². The second-order valence-corrected chi connectivity index (χ2v) is 3.66. The van der Waals surface area contributed by atoms with Crippen LogP contribution in [-0.2, 0) is 4.74 Å². The third kappa shape index (κ3) is 3.56. The molecular formula is C12H21N3O. The van der Waals surface area contributed by atoms with Crippen molar-refractivity contribution in [1.82, 2.24) is 9.88 Å². The maximum Gasteiger partial charge on any atom is 0.0589 e. The molecule has 0 bridgehead atoms. The first kappa shape index (κ1) is 13.1. The normalized spacial score (nSPS) is 13.0. The van der Waals surface area contributed by atoms with Crippen molar-refractivity contribution < 1.29 is 4.74 Å². The molecule has 1 unspecified atom stereocenters. The van der Waals surface area contributed by atoms with Crippen molar-refractivity contribution in [3.63, 3.8) is 0 Å². The van der Waals surface area contributed by atoms with E-state index in [0.717, 1.165) is 19.7 Å². The Morgan fingerprint density at radius 2 is 2.38 bits per heavy atom. The van der Waals surface area contributed by atoms with E-state index >= 15 is 0 Å². The third-order valence-corrected chi connectivity index (χ3v) is 2.72. The second kappa shape index (κ2) is 7.33. The summed E-state index contributed by atoms with van der Waals surface area (Å²) in [5.41, 5.74) is 7.01. The Labute approximate surface area is 97.4 Å². The fourth-order valence-corrected chi connectivity index (χ4v) is 1.81. The molecule has 0 amide bonds. The lowest BCUT2D eigenvalue weighted by atomic mass is 10.1. The average Bonchev–Trinajstić information content (AvgIpc) is 2.35. The monoisotopic (exact) mass is 223 g/mol. The number of nitrogens with two attached hydrogens (primary N) is 1. The van der Waals surface area contributed by atoms with Crippen LogP contribution in [0.4, 0.5) is 0 Å². The largest absolute Gasteiger partial charge is 0.383 e. The van der Waals surface area contributed by atoms with Crippen LogP contribution in [0.25, 0.3) is 0 Å². The van der Waals surface area contributed by atoms with Gasteiger partial charge in [0.25, 0.3) is 0 Å². The standard InChI is InChI=1S/C12H21N3O/c1-3-15(7-8-16-2)12(9-13)11-5-4-6-14-10-11/h4-6,10,12H,3,7-9,13H2,1-2H3. The van der Waals surface area contributed by atoms with Gasteiger partial charge in [0, 0.05) is 38.6 Å². The van der Waals surface area contributed by atoms with Gasteiger partial charge in [-0.2, -0.15) is 0 Å². The van der Waals surface area contributed by atoms with Crippen LogP contribution in [0.3, 0.4) is 0 Å². The fraction of sp³-hybridized carbons (Fsp3) is 0.583. The highest BCUT2D eigenvalue weighted by Gasteiger charge is 2.17. The Balaban J connectivity index is 2.71. The predicted molar refractivity (Wildman–Crippen MR) is 65.2 cm³/mol. The van der Waals surface area contributed by atoms with Gasteiger partial charge in [-0.25, -0.2) is 0 Å². The molecule has 16 heavy (non-hydrogen) atoms. The van der Waals surface area contributed by atoms with E-state index in [1.54, 1.807) is 13.3 Å². The minimum atomic E-state index is 0.230. The van der Waals surface area contributed by atoms with Crippen molar-refractivity contribution in [3.05, 3.63) is 30.1 Å². The highest BCUT2D eigenvalue weighted by molar-refractivity contribution is 5.14. The zero-order chi connectivity index (χ0) is 11.8. The van der Waals surface area contributed by atoms with Crippen molar-refractivity contribution in [2.75, 3.05) is 33.4 Å². The van der Waals surface area contributed by atoms with Crippen LogP contribution in [0.1, 0.15) is 18.5 Å². The summed E-state index contributed by atoms with van der Waals surface area (Å²) >= 11 is 0. The maximum absolute atomic E-state index is 5.84. The quantitative estimate of drug-likeness (QED) is 0.750. The Morgan fingerprint density at radius 1 is 1.56 bits per heavy atom. The van der Waals surface area contributed by atoms with Crippen LogP contribution in [-0.4, -0.2) is 43.2 Å². The lowest BCUT2D eigenvalue weighted by Crippen LogP contribution is -2.36. The molecule has 0 aliphatic rings. The lowest BCUT2D eigenvalue weighted by Gasteiger charge is -2.29. The first-order valence-corrected chi connectivity index (χ1v) is 5.66. The molecule has 4 heteroatoms. The Bertz CT molecular complexity index is 279. The summed E-state index contributed by atoms with van der Waals surface area (Å²) < 4.78 is 5.11. The summed E-state index contributed by atoms with van der Waals surface area (Å²) in [5, 5.41) is 0. The van der Waals surface area contributed by atoms with Crippen LogP contribution >= 0.6 is 0 Å². The molecule has 1 aromatic heterocycles. The van der Waals surface area contributed by atoms with Gasteiger partial charge in [0.2, 0.25) is 0 Å². The molecule has 0 radical (unpaired) electrons. The lowest BCUT2D eigenvalue weighted by molar-refractivity contribution is 0.125. The van der Waals surface area contributed by atoms with Gasteiger partial charge in [-0.3, -0.25) is 9.88 Å². The molecule has 0 spiro atoms. The zero-order valence-electron chi connectivity index (χ0n) is 10.1. The molecule has 4 nitrogen and oxygen atoms in total. The van der Waals surface area contributed by atoms with Crippen molar-refractivity contribution in [1.29, 1.82) is 0 Å². The predicted octanol–water partition coefficient (Wildman–Crippen LogP) is 1.05. The number of methoxy groups -OCH3 is 1. The fourth-order valence-electron chi connectivity index (χ4n) is 1.81. The van der Waals surface area contributed by atoms with Crippen molar-refractivity contribution in [2.24, 2.45) is 5.73 Å². The van der Waals surface area contributed by atoms with E-state index in [2.05, 4.69) is 22.9 Å². The highest BCUT2D eigenvalue weighted by atomic mass is 16.5. The number of hydrogen-bond acceptors (Lipinski definition) is 4. The van der Waals surface area contributed by atoms with Crippen molar-refractivity contribution >= 4 is 0 Å². The highest BCUT2D eigenvalue weighted by Crippen LogP contribution is 2.17. The first-order valence-electron chi connectivity index (χ1n) is 5.66. The number of nitrogens with zero attached hydrogens (tertiary/aromatic N) is 2. The Kier molecular flexibility index (Phi) is 6.00. The molecule has 2 N–H and O–H groups in total. The molecule has 1 rings (SSSR count). The summed E-state index contributed by atoms with van der Waals surface area (Å²) in [7, 11) is 1.72. The number of hydrogen-bond donors (Lipinski definition) is 1. The minimum Gasteiger partial charge on any atom is -0.383 e. The SMILES string of the molecule is CCN(CCOC)C(CN)c1cccnc1. The van der Waals surface area contributed by atoms with Gasteiger partial charge in [0.05, 0.1) is 6.61 Å². The zero-order valence-corrected chi connectivity index (χ0v) is 10.1. The van der Waals surface area contributed by atoms with Crippen LogP contribution in [0.5, 0.6) is 0 Å². The molecule has 1 heterocycles. The van der Waals surface area contributed by atoms with Crippen LogP contribution in [0.15, 0.2) is 24.5 Å². The van der Waals surface area contributed by atoms with E-state index in [9.17, 15) is 0 Å². The molecule has 0 aliphatic carbocycles. The van der Waals surface area contributed by atoms with E-state index < -0.39 is 0 Å². The van der Waals surface area contributed by atoms with Crippen LogP contribution in [0.2, 0.25) is 0 Å². The maximum atomic E-state index is 5.84. The smallest absolute Gasteiger partial charge is 0.0589 e. The summed E-state index contributed by atoms with van der Waals surface area (Å²) in [6.07, 6.45) is 3.66. The van der Waals surface area contributed by atoms with Gasteiger partial charge in [-0.1, -0.05) is 13.0 Å². The first-order chi connectivity index (χ1) is 7.83. The molecule has 90 valence electrons. The molecule has 0 aromatic carbocycles. The van der Waals surface area contributed by atoms with Gasteiger partial charge < -0.3 is 10.5 Å². The van der Waals surface area contributed by atoms with E-state index in [4.69, 9.17) is 10.5 Å². The van der Waals surface area contributed by atoms with E-state index in [0.29, 0.717) is 6.54 Å². The number of likely N-dealkylation sites (N-methyl/N-ethyl adjacent to an activating group) is 1. The van der Waals surface area contributed by atoms with Crippen molar-refractivity contribution in [2.45, 2.75) is 13.0 Å². The average molecular weight is 223 g/mol. The molecule has 0 saturated heterocycles. The molecule has 1 atom stereocenters. The Morgan fingerprint density at radius 3 is 2.88 bits per heavy atom. The van der Waals surface area contributed by atoms with E-state index in [-0.39, 0.29) is 6.04 Å². The van der Waals surface area contributed by atoms with Gasteiger partial charge in [0.15, 0.2) is 0 Å². The summed E-state index contributed by atoms with van der Waals surface area (Å²) in [5.74, 6) is 0. The van der Waals surface area contributed by atoms with Gasteiger partial charge in [-0.05, 0) is 18.2 Å². The third-order valence-electron chi connectivity index (χ3n) is 2.72. The summed E-state index contributed by atoms with van der Waals surface area (Å²) in [6.45, 7) is 5.31. The van der Waals surface area contributed by atoms with Crippen LogP contribution in [0, 0.1) is 0 Å². The van der Waals surface area contributed by atoms with Crippen LogP contribution < -0.4 is 5.73 Å². The molecule has 1 aromatic rings. The number of rotatable bonds is 7. The van der Waals surface area contributed by atoms with Gasteiger partial charge in [0.1, 0.15) is 0 Å². The van der Waals surface area contributed by atoms with Gasteiger partial charge >= 0.3 is 0 Å². The van der Waals surface area contributed by atoms with Gasteiger partial charge in [-0.15, -0.1) is 0 Å². The molecular weight excluding hydrogens is 202 g/mol. The number of pyridine rings is 1. The van der Waals surface area contributed by atoms with Crippen molar-refractivity contribution in [3.8, 4) is 0 Å². The summed E-state index contributed by atoms with van der Waals surface area (Å²) in [4.78, 5) is 6.44. The van der Waals surface area contributed by atoms with E-state index in [1.807, 2.05) is 12.3 Å². The second-order valence-electron chi connectivity index (χ2n) is 3.66. The molecule has 0 saturated carbocycles. The molecule has 0 fully saturated rings. The Hall–Kier alpha value is -0.970. The number of ether oxygens (including phenoxy) is 1. The minimum absolute atomic E-state index is 0.230.